The molecule has 0 aromatic carbocycles. The quantitative estimate of drug-likeness (QED) is 0.685. The molecule has 0 bridgehead atoms. The largest absolute Gasteiger partial charge is 0.469 e. The highest BCUT2D eigenvalue weighted by Gasteiger charge is 2.53. The summed E-state index contributed by atoms with van der Waals surface area (Å²) in [6.07, 6.45) is 1.03. The first kappa shape index (κ1) is 11.5. The molecule has 1 saturated heterocycles. The number of rotatable bonds is 3. The molecule has 1 aliphatic rings. The van der Waals surface area contributed by atoms with Crippen molar-refractivity contribution in [1.29, 1.82) is 0 Å². The van der Waals surface area contributed by atoms with Crippen molar-refractivity contribution in [3.8, 4) is 0 Å². The monoisotopic (exact) mass is 202 g/mol. The minimum Gasteiger partial charge on any atom is -0.469 e. The third-order valence-electron chi connectivity index (χ3n) is 3.37. The van der Waals surface area contributed by atoms with Crippen LogP contribution in [0.25, 0.3) is 0 Å². The van der Waals surface area contributed by atoms with E-state index in [0.29, 0.717) is 19.4 Å². The van der Waals surface area contributed by atoms with Crippen molar-refractivity contribution in [2.75, 3.05) is 20.3 Å². The third-order valence-corrected chi connectivity index (χ3v) is 3.37. The van der Waals surface area contributed by atoms with Crippen molar-refractivity contribution < 1.29 is 19.4 Å². The van der Waals surface area contributed by atoms with Gasteiger partial charge in [-0.2, -0.15) is 0 Å². The summed E-state index contributed by atoms with van der Waals surface area (Å²) in [6.45, 7) is 4.32. The SMILES string of the molecule is CCC(C)(C(=O)OC)C1(O)CCOC1. The minimum absolute atomic E-state index is 0.215. The molecule has 1 fully saturated rings. The second-order valence-corrected chi connectivity index (χ2v) is 4.01. The van der Waals surface area contributed by atoms with Gasteiger partial charge in [0.2, 0.25) is 0 Å². The van der Waals surface area contributed by atoms with Gasteiger partial charge in [-0.1, -0.05) is 6.92 Å². The molecule has 0 amide bonds. The molecule has 1 heterocycles. The first-order valence-corrected chi connectivity index (χ1v) is 4.89. The average molecular weight is 202 g/mol. The Balaban J connectivity index is 2.93. The van der Waals surface area contributed by atoms with Crippen molar-refractivity contribution in [3.05, 3.63) is 0 Å². The molecule has 4 nitrogen and oxygen atoms in total. The van der Waals surface area contributed by atoms with Gasteiger partial charge >= 0.3 is 5.97 Å². The van der Waals surface area contributed by atoms with Crippen LogP contribution in [0.15, 0.2) is 0 Å². The van der Waals surface area contributed by atoms with E-state index in [1.807, 2.05) is 6.92 Å². The van der Waals surface area contributed by atoms with Crippen LogP contribution in [0, 0.1) is 5.41 Å². The summed E-state index contributed by atoms with van der Waals surface area (Å²) in [6, 6.07) is 0. The van der Waals surface area contributed by atoms with Gasteiger partial charge in [0, 0.05) is 13.0 Å². The highest BCUT2D eigenvalue weighted by atomic mass is 16.5. The molecular formula is C10H18O4. The van der Waals surface area contributed by atoms with Crippen LogP contribution in [0.5, 0.6) is 0 Å². The summed E-state index contributed by atoms with van der Waals surface area (Å²) in [7, 11) is 1.34. The number of aliphatic hydroxyl groups is 1. The van der Waals surface area contributed by atoms with Gasteiger partial charge in [-0.3, -0.25) is 4.79 Å². The Labute approximate surface area is 84.2 Å². The number of carbonyl (C=O) groups is 1. The van der Waals surface area contributed by atoms with Crippen molar-refractivity contribution in [1.82, 2.24) is 0 Å². The molecule has 82 valence electrons. The van der Waals surface area contributed by atoms with Crippen LogP contribution in [-0.4, -0.2) is 37.0 Å². The number of esters is 1. The van der Waals surface area contributed by atoms with Gasteiger partial charge in [0.1, 0.15) is 5.60 Å². The summed E-state index contributed by atoms with van der Waals surface area (Å²) >= 11 is 0. The fourth-order valence-electron chi connectivity index (χ4n) is 1.88. The third kappa shape index (κ3) is 1.53. The maximum absolute atomic E-state index is 11.6. The Morgan fingerprint density at radius 1 is 1.71 bits per heavy atom. The number of hydrogen-bond acceptors (Lipinski definition) is 4. The maximum Gasteiger partial charge on any atom is 0.314 e. The molecule has 0 aromatic rings. The zero-order valence-electron chi connectivity index (χ0n) is 9.00. The normalized spacial score (nSPS) is 31.1. The van der Waals surface area contributed by atoms with Crippen molar-refractivity contribution in [2.24, 2.45) is 5.41 Å². The lowest BCUT2D eigenvalue weighted by molar-refractivity contribution is -0.171. The molecule has 14 heavy (non-hydrogen) atoms. The van der Waals surface area contributed by atoms with Crippen molar-refractivity contribution in [3.63, 3.8) is 0 Å². The van der Waals surface area contributed by atoms with Crippen LogP contribution >= 0.6 is 0 Å². The fourth-order valence-corrected chi connectivity index (χ4v) is 1.88. The predicted octanol–water partition coefficient (Wildman–Crippen LogP) is 0.727. The molecular weight excluding hydrogens is 184 g/mol. The van der Waals surface area contributed by atoms with Crippen LogP contribution in [0.1, 0.15) is 26.7 Å². The Morgan fingerprint density at radius 2 is 2.36 bits per heavy atom. The number of methoxy groups -OCH3 is 1. The van der Waals surface area contributed by atoms with E-state index in [9.17, 15) is 9.90 Å². The zero-order valence-corrected chi connectivity index (χ0v) is 9.00. The standard InChI is InChI=1S/C10H18O4/c1-4-9(2,8(11)13-3)10(12)5-6-14-7-10/h12H,4-7H2,1-3H3. The highest BCUT2D eigenvalue weighted by molar-refractivity contribution is 5.78. The smallest absolute Gasteiger partial charge is 0.314 e. The van der Waals surface area contributed by atoms with E-state index >= 15 is 0 Å². The van der Waals surface area contributed by atoms with Gasteiger partial charge in [0.15, 0.2) is 0 Å². The number of carbonyl (C=O) groups excluding carboxylic acids is 1. The van der Waals surface area contributed by atoms with Gasteiger partial charge in [0.05, 0.1) is 19.1 Å². The van der Waals surface area contributed by atoms with E-state index < -0.39 is 11.0 Å². The lowest BCUT2D eigenvalue weighted by Gasteiger charge is -2.38. The van der Waals surface area contributed by atoms with Crippen LogP contribution < -0.4 is 0 Å². The molecule has 1 aliphatic heterocycles. The minimum atomic E-state index is -1.07. The van der Waals surface area contributed by atoms with Gasteiger partial charge < -0.3 is 14.6 Å². The van der Waals surface area contributed by atoms with Crippen LogP contribution in [0.4, 0.5) is 0 Å². The first-order valence-electron chi connectivity index (χ1n) is 4.89. The number of hydrogen-bond donors (Lipinski definition) is 1. The molecule has 0 aromatic heterocycles. The van der Waals surface area contributed by atoms with Crippen molar-refractivity contribution >= 4 is 5.97 Å². The summed E-state index contributed by atoms with van der Waals surface area (Å²) in [5.41, 5.74) is -1.94. The maximum atomic E-state index is 11.6. The molecule has 1 N–H and O–H groups in total. The lowest BCUT2D eigenvalue weighted by atomic mass is 9.71. The van der Waals surface area contributed by atoms with E-state index in [1.54, 1.807) is 6.92 Å². The lowest BCUT2D eigenvalue weighted by Crippen LogP contribution is -2.52. The highest BCUT2D eigenvalue weighted by Crippen LogP contribution is 2.41. The van der Waals surface area contributed by atoms with Gasteiger partial charge in [0.25, 0.3) is 0 Å². The Morgan fingerprint density at radius 3 is 2.71 bits per heavy atom. The molecule has 1 rings (SSSR count). The van der Waals surface area contributed by atoms with E-state index in [1.165, 1.54) is 7.11 Å². The molecule has 0 spiro atoms. The Bertz CT molecular complexity index is 220. The molecule has 0 radical (unpaired) electrons. The molecule has 2 unspecified atom stereocenters. The van der Waals surface area contributed by atoms with Crippen LogP contribution in [-0.2, 0) is 14.3 Å². The van der Waals surface area contributed by atoms with Crippen LogP contribution in [0.2, 0.25) is 0 Å². The second-order valence-electron chi connectivity index (χ2n) is 4.01. The van der Waals surface area contributed by atoms with E-state index in [-0.39, 0.29) is 12.6 Å². The zero-order chi connectivity index (χ0) is 10.8. The summed E-state index contributed by atoms with van der Waals surface area (Å²) < 4.78 is 9.87. The predicted molar refractivity (Wildman–Crippen MR) is 50.8 cm³/mol. The van der Waals surface area contributed by atoms with Gasteiger partial charge in [-0.25, -0.2) is 0 Å². The van der Waals surface area contributed by atoms with E-state index in [2.05, 4.69) is 0 Å². The molecule has 2 atom stereocenters. The van der Waals surface area contributed by atoms with Gasteiger partial charge in [-0.05, 0) is 13.3 Å². The fraction of sp³-hybridized carbons (Fsp3) is 0.900. The summed E-state index contributed by atoms with van der Waals surface area (Å²) in [5, 5.41) is 10.3. The van der Waals surface area contributed by atoms with Crippen LogP contribution in [0.3, 0.4) is 0 Å². The molecule has 0 aliphatic carbocycles. The number of ether oxygens (including phenoxy) is 2. The molecule has 4 heteroatoms. The average Bonchev–Trinajstić information content (AvgIpc) is 2.64. The Hall–Kier alpha value is -0.610. The summed E-state index contributed by atoms with van der Waals surface area (Å²) in [4.78, 5) is 11.6. The first-order chi connectivity index (χ1) is 6.50. The molecule has 0 saturated carbocycles. The summed E-state index contributed by atoms with van der Waals surface area (Å²) in [5.74, 6) is -0.368. The second kappa shape index (κ2) is 3.87. The van der Waals surface area contributed by atoms with Crippen molar-refractivity contribution in [2.45, 2.75) is 32.3 Å². The van der Waals surface area contributed by atoms with E-state index in [0.717, 1.165) is 0 Å². The van der Waals surface area contributed by atoms with Gasteiger partial charge in [-0.15, -0.1) is 0 Å². The topological polar surface area (TPSA) is 55.8 Å². The Kier molecular flexibility index (Phi) is 3.17. The van der Waals surface area contributed by atoms with E-state index in [4.69, 9.17) is 9.47 Å².